The zero-order chi connectivity index (χ0) is 23.2. The number of pyridine rings is 1. The van der Waals surface area contributed by atoms with Crippen molar-refractivity contribution in [1.82, 2.24) is 19.8 Å². The van der Waals surface area contributed by atoms with Crippen molar-refractivity contribution in [1.29, 1.82) is 0 Å². The first-order valence-electron chi connectivity index (χ1n) is 12.0. The molecule has 3 amide bonds. The number of aromatic nitrogens is 2. The van der Waals surface area contributed by atoms with E-state index in [9.17, 15) is 18.4 Å². The lowest BCUT2D eigenvalue weighted by molar-refractivity contribution is -0.120. The molecule has 1 N–H and O–H groups in total. The molecule has 2 aromatic heterocycles. The third kappa shape index (κ3) is 4.74. The van der Waals surface area contributed by atoms with Gasteiger partial charge in [-0.1, -0.05) is 0 Å². The highest BCUT2D eigenvalue weighted by molar-refractivity contribution is 6.07. The van der Waals surface area contributed by atoms with E-state index >= 15 is 0 Å². The van der Waals surface area contributed by atoms with Gasteiger partial charge in [0.2, 0.25) is 11.8 Å². The van der Waals surface area contributed by atoms with E-state index in [0.29, 0.717) is 30.6 Å². The van der Waals surface area contributed by atoms with Crippen molar-refractivity contribution in [2.75, 3.05) is 24.5 Å². The van der Waals surface area contributed by atoms with Crippen LogP contribution in [-0.4, -0.2) is 58.1 Å². The Balaban J connectivity index is 1.23. The molecule has 3 fully saturated rings. The zero-order valence-corrected chi connectivity index (χ0v) is 19.0. The number of halogens is 2. The van der Waals surface area contributed by atoms with E-state index in [-0.39, 0.29) is 31.1 Å². The highest BCUT2D eigenvalue weighted by atomic mass is 19.3. The number of anilines is 1. The number of piperidine rings is 1. The normalized spacial score (nSPS) is 28.5. The van der Waals surface area contributed by atoms with Crippen molar-refractivity contribution in [2.45, 2.75) is 63.8 Å². The summed E-state index contributed by atoms with van der Waals surface area (Å²) >= 11 is 0. The molecule has 2 aromatic rings. The first-order chi connectivity index (χ1) is 15.8. The third-order valence-electron chi connectivity index (χ3n) is 7.56. The van der Waals surface area contributed by atoms with Gasteiger partial charge in [-0.2, -0.15) is 5.10 Å². The minimum atomic E-state index is -2.47. The van der Waals surface area contributed by atoms with Gasteiger partial charge in [-0.05, 0) is 68.7 Å². The smallest absolute Gasteiger partial charge is 0.300 e. The molecule has 1 saturated carbocycles. The van der Waals surface area contributed by atoms with Gasteiger partial charge in [-0.25, -0.2) is 18.1 Å². The number of nitrogens with one attached hydrogen (secondary N) is 1. The number of hydrogen-bond donors (Lipinski definition) is 1. The van der Waals surface area contributed by atoms with Crippen LogP contribution in [0.15, 0.2) is 24.5 Å². The number of nitrogens with zero attached hydrogens (tertiary/aromatic N) is 4. The van der Waals surface area contributed by atoms with Crippen LogP contribution < -0.4 is 10.2 Å². The quantitative estimate of drug-likeness (QED) is 0.737. The van der Waals surface area contributed by atoms with Crippen LogP contribution in [0.3, 0.4) is 0 Å². The monoisotopic (exact) mass is 459 g/mol. The summed E-state index contributed by atoms with van der Waals surface area (Å²) in [6, 6.07) is 4.14. The molecule has 9 heteroatoms. The molecule has 5 rings (SSSR count). The van der Waals surface area contributed by atoms with Crippen molar-refractivity contribution < 1.29 is 18.4 Å². The lowest BCUT2D eigenvalue weighted by atomic mass is 9.86. The topological polar surface area (TPSA) is 70.0 Å². The predicted molar refractivity (Wildman–Crippen MR) is 120 cm³/mol. The summed E-state index contributed by atoms with van der Waals surface area (Å²) in [7, 11) is 0. The van der Waals surface area contributed by atoms with Crippen LogP contribution in [0.1, 0.15) is 51.0 Å². The summed E-state index contributed by atoms with van der Waals surface area (Å²) in [5.41, 5.74) is 2.75. The van der Waals surface area contributed by atoms with E-state index in [2.05, 4.69) is 34.4 Å². The Morgan fingerprint density at radius 2 is 2.06 bits per heavy atom. The van der Waals surface area contributed by atoms with Gasteiger partial charge in [0.05, 0.1) is 17.4 Å². The Bertz CT molecular complexity index is 1050. The minimum Gasteiger partial charge on any atom is -0.300 e. The molecule has 3 atom stereocenters. The molecule has 178 valence electrons. The molecule has 3 aliphatic rings. The Morgan fingerprint density at radius 1 is 1.21 bits per heavy atom. The molecule has 7 nitrogen and oxygen atoms in total. The first kappa shape index (κ1) is 22.3. The van der Waals surface area contributed by atoms with Crippen LogP contribution in [0.25, 0.3) is 5.52 Å². The molecular formula is C24H31F2N5O2. The molecule has 0 spiro atoms. The summed E-state index contributed by atoms with van der Waals surface area (Å²) < 4.78 is 28.9. The molecule has 1 aliphatic carbocycles. The van der Waals surface area contributed by atoms with Gasteiger partial charge in [0, 0.05) is 44.6 Å². The van der Waals surface area contributed by atoms with Gasteiger partial charge in [0.1, 0.15) is 0 Å². The van der Waals surface area contributed by atoms with Crippen molar-refractivity contribution >= 4 is 23.1 Å². The van der Waals surface area contributed by atoms with Crippen molar-refractivity contribution in [3.8, 4) is 0 Å². The lowest BCUT2D eigenvalue weighted by Gasteiger charge is -2.39. The number of carbonyl (C=O) groups excluding carboxylic acids is 2. The molecule has 0 radical (unpaired) electrons. The number of carbonyl (C=O) groups is 2. The van der Waals surface area contributed by atoms with Gasteiger partial charge in [0.15, 0.2) is 0 Å². The van der Waals surface area contributed by atoms with E-state index in [0.717, 1.165) is 37.9 Å². The van der Waals surface area contributed by atoms with E-state index in [1.165, 1.54) is 5.56 Å². The molecule has 2 aliphatic heterocycles. The second-order valence-corrected chi connectivity index (χ2v) is 10.1. The van der Waals surface area contributed by atoms with E-state index in [4.69, 9.17) is 0 Å². The fourth-order valence-electron chi connectivity index (χ4n) is 5.78. The molecule has 0 aromatic carbocycles. The second kappa shape index (κ2) is 8.66. The van der Waals surface area contributed by atoms with E-state index in [1.54, 1.807) is 15.6 Å². The van der Waals surface area contributed by atoms with Crippen LogP contribution in [-0.2, 0) is 11.2 Å². The molecule has 33 heavy (non-hydrogen) atoms. The second-order valence-electron chi connectivity index (χ2n) is 10.1. The number of rotatable bonds is 5. The van der Waals surface area contributed by atoms with Gasteiger partial charge in [-0.3, -0.25) is 15.0 Å². The molecule has 2 saturated heterocycles. The minimum absolute atomic E-state index is 0.0382. The number of likely N-dealkylation sites (tertiary alicyclic amines) is 1. The summed E-state index contributed by atoms with van der Waals surface area (Å²) in [4.78, 5) is 27.7. The summed E-state index contributed by atoms with van der Waals surface area (Å²) in [5, 5.41) is 6.73. The van der Waals surface area contributed by atoms with E-state index in [1.807, 2.05) is 6.20 Å². The van der Waals surface area contributed by atoms with Crippen molar-refractivity contribution in [2.24, 2.45) is 11.8 Å². The molecule has 4 heterocycles. The zero-order valence-electron chi connectivity index (χ0n) is 19.0. The van der Waals surface area contributed by atoms with Crippen LogP contribution in [0.4, 0.5) is 19.3 Å². The molecule has 1 unspecified atom stereocenters. The number of hydrogen-bond acceptors (Lipinski definition) is 4. The van der Waals surface area contributed by atoms with Crippen LogP contribution in [0.2, 0.25) is 0 Å². The van der Waals surface area contributed by atoms with Gasteiger partial charge in [-0.15, -0.1) is 0 Å². The average molecular weight is 460 g/mol. The maximum Gasteiger partial charge on any atom is 0.328 e. The summed E-state index contributed by atoms with van der Waals surface area (Å²) in [5.74, 6) is -2.08. The Kier molecular flexibility index (Phi) is 5.84. The maximum atomic E-state index is 13.6. The summed E-state index contributed by atoms with van der Waals surface area (Å²) in [6.07, 6.45) is 7.62. The fourth-order valence-corrected chi connectivity index (χ4v) is 5.78. The Morgan fingerprint density at radius 3 is 2.79 bits per heavy atom. The number of fused-ring (bicyclic) bond motifs is 1. The number of imide groups is 1. The van der Waals surface area contributed by atoms with Crippen LogP contribution in [0.5, 0.6) is 0 Å². The maximum absolute atomic E-state index is 13.6. The molecule has 0 bridgehead atoms. The SMILES string of the molecule is C[C@H]1C[C@H](Cc2ccn3ncc(N4CCC(=O)NC4=O)c3c2)CCN1CC1CCC(F)(F)C1. The number of urea groups is 1. The summed E-state index contributed by atoms with van der Waals surface area (Å²) in [6.45, 7) is 4.30. The Hall–Kier alpha value is -2.55. The van der Waals surface area contributed by atoms with Gasteiger partial charge in [0.25, 0.3) is 0 Å². The van der Waals surface area contributed by atoms with E-state index < -0.39 is 12.0 Å². The number of alkyl halides is 2. The van der Waals surface area contributed by atoms with Crippen LogP contribution in [0, 0.1) is 11.8 Å². The molecular weight excluding hydrogens is 428 g/mol. The lowest BCUT2D eigenvalue weighted by Crippen LogP contribution is -2.49. The first-order valence-corrected chi connectivity index (χ1v) is 12.0. The van der Waals surface area contributed by atoms with Crippen LogP contribution >= 0.6 is 0 Å². The number of amides is 3. The highest BCUT2D eigenvalue weighted by Gasteiger charge is 2.40. The van der Waals surface area contributed by atoms with Crippen molar-refractivity contribution in [3.63, 3.8) is 0 Å². The average Bonchev–Trinajstić information content (AvgIpc) is 3.32. The Labute approximate surface area is 192 Å². The van der Waals surface area contributed by atoms with Gasteiger partial charge >= 0.3 is 6.03 Å². The third-order valence-corrected chi connectivity index (χ3v) is 7.56. The standard InChI is InChI=1S/C24H31F2N5O2/c1-16-10-17(3-7-29(16)15-19-2-6-24(25,26)13-19)11-18-4-9-31-20(12-18)21(14-27-31)30-8-5-22(32)28-23(30)33/h4,9,12,14,16-17,19H,2-3,5-8,10-11,13,15H2,1H3,(H,28,32,33)/t16-,17+,19?/m0/s1. The highest BCUT2D eigenvalue weighted by Crippen LogP contribution is 2.40. The predicted octanol–water partition coefficient (Wildman–Crippen LogP) is 3.86. The largest absolute Gasteiger partial charge is 0.328 e. The fraction of sp³-hybridized carbons (Fsp3) is 0.625. The van der Waals surface area contributed by atoms with Crippen molar-refractivity contribution in [3.05, 3.63) is 30.1 Å². The van der Waals surface area contributed by atoms with Gasteiger partial charge < -0.3 is 4.90 Å².